The quantitative estimate of drug-likeness (QED) is 0.493. The Kier molecular flexibility index (Phi) is 1.38. The molecule has 0 saturated heterocycles. The van der Waals surface area contributed by atoms with Gasteiger partial charge in [-0.3, -0.25) is 4.79 Å². The fraction of sp³-hybridized carbons (Fsp3) is 0.400. The van der Waals surface area contributed by atoms with Gasteiger partial charge in [0, 0.05) is 6.54 Å². The monoisotopic (exact) mass is 130 g/mol. The van der Waals surface area contributed by atoms with E-state index in [0.717, 1.165) is 0 Å². The molecule has 0 aromatic carbocycles. The molecule has 50 valence electrons. The van der Waals surface area contributed by atoms with Crippen LogP contribution >= 0.6 is 0 Å². The summed E-state index contributed by atoms with van der Waals surface area (Å²) in [7, 11) is 0. The Morgan fingerprint density at radius 2 is 2.67 bits per heavy atom. The highest BCUT2D eigenvalue weighted by atomic mass is 19.1. The third-order valence-electron chi connectivity index (χ3n) is 1.10. The lowest BCUT2D eigenvalue weighted by atomic mass is 10.4. The second-order valence-corrected chi connectivity index (χ2v) is 1.84. The summed E-state index contributed by atoms with van der Waals surface area (Å²) in [5, 5.41) is 2.52. The number of nitrogens with one attached hydrogen (secondary N) is 1. The number of carbonyl (C=O) groups excluding carboxylic acids is 1. The van der Waals surface area contributed by atoms with Crippen molar-refractivity contribution >= 4 is 5.91 Å². The molecule has 0 unspecified atom stereocenters. The zero-order valence-corrected chi connectivity index (χ0v) is 4.73. The van der Waals surface area contributed by atoms with Gasteiger partial charge in [-0.25, -0.2) is 4.39 Å². The van der Waals surface area contributed by atoms with E-state index >= 15 is 0 Å². The van der Waals surface area contributed by atoms with Crippen molar-refractivity contribution in [2.45, 2.75) is 6.17 Å². The predicted octanol–water partition coefficient (Wildman–Crippen LogP) is -0.703. The number of hydrogen-bond acceptors (Lipinski definition) is 2. The van der Waals surface area contributed by atoms with E-state index < -0.39 is 12.1 Å². The van der Waals surface area contributed by atoms with Gasteiger partial charge in [-0.15, -0.1) is 0 Å². The molecule has 1 heterocycles. The highest BCUT2D eigenvalue weighted by Crippen LogP contribution is 2.03. The average Bonchev–Trinajstić information content (AvgIpc) is 2.14. The summed E-state index contributed by atoms with van der Waals surface area (Å²) in [5.74, 6) is -0.602. The Morgan fingerprint density at radius 1 is 2.00 bits per heavy atom. The molecule has 1 amide bonds. The highest BCUT2D eigenvalue weighted by molar-refractivity contribution is 5.91. The molecule has 0 aromatic heterocycles. The smallest absolute Gasteiger partial charge is 0.264 e. The molecule has 1 atom stereocenters. The molecule has 0 aliphatic carbocycles. The molecule has 1 aliphatic heterocycles. The summed E-state index contributed by atoms with van der Waals surface area (Å²) in [4.78, 5) is 10.3. The van der Waals surface area contributed by atoms with Crippen molar-refractivity contribution in [2.75, 3.05) is 6.54 Å². The normalized spacial score (nSPS) is 25.0. The van der Waals surface area contributed by atoms with Crippen molar-refractivity contribution in [3.63, 3.8) is 0 Å². The third kappa shape index (κ3) is 1.19. The lowest BCUT2D eigenvalue weighted by molar-refractivity contribution is -0.114. The van der Waals surface area contributed by atoms with Gasteiger partial charge in [-0.1, -0.05) is 0 Å². The van der Waals surface area contributed by atoms with Crippen molar-refractivity contribution in [1.29, 1.82) is 0 Å². The molecule has 0 saturated carbocycles. The van der Waals surface area contributed by atoms with Crippen molar-refractivity contribution in [3.8, 4) is 0 Å². The van der Waals surface area contributed by atoms with Crippen LogP contribution in [-0.2, 0) is 4.79 Å². The summed E-state index contributed by atoms with van der Waals surface area (Å²) in [5.41, 5.74) is 5.01. The number of primary amides is 1. The van der Waals surface area contributed by atoms with E-state index in [1.807, 2.05) is 0 Å². The summed E-state index contributed by atoms with van der Waals surface area (Å²) in [6.45, 7) is 0.165. The van der Waals surface area contributed by atoms with Gasteiger partial charge in [-0.05, 0) is 6.08 Å². The van der Waals surface area contributed by atoms with Crippen LogP contribution in [0.2, 0.25) is 0 Å². The van der Waals surface area contributed by atoms with Gasteiger partial charge in [0.1, 0.15) is 6.17 Å². The van der Waals surface area contributed by atoms with Gasteiger partial charge in [0.15, 0.2) is 0 Å². The van der Waals surface area contributed by atoms with Crippen LogP contribution in [0.3, 0.4) is 0 Å². The van der Waals surface area contributed by atoms with Gasteiger partial charge in [0.05, 0.1) is 5.70 Å². The standard InChI is InChI=1S/C5H7FN2O/c6-3-1-4(5(7)9)8-2-3/h1,3,8H,2H2,(H2,7,9)/t3-/m1/s1. The number of nitrogens with two attached hydrogens (primary N) is 1. The fourth-order valence-corrected chi connectivity index (χ4v) is 0.675. The largest absolute Gasteiger partial charge is 0.378 e. The molecule has 0 spiro atoms. The van der Waals surface area contributed by atoms with Crippen molar-refractivity contribution in [3.05, 3.63) is 11.8 Å². The van der Waals surface area contributed by atoms with Crippen molar-refractivity contribution < 1.29 is 9.18 Å². The molecular weight excluding hydrogens is 123 g/mol. The van der Waals surface area contributed by atoms with Crippen LogP contribution in [0, 0.1) is 0 Å². The first-order valence-electron chi connectivity index (χ1n) is 2.59. The highest BCUT2D eigenvalue weighted by Gasteiger charge is 2.16. The summed E-state index contributed by atoms with van der Waals surface area (Å²) in [6.07, 6.45) is 0.120. The van der Waals surface area contributed by atoms with Gasteiger partial charge >= 0.3 is 0 Å². The van der Waals surface area contributed by atoms with E-state index in [1.165, 1.54) is 6.08 Å². The van der Waals surface area contributed by atoms with E-state index in [2.05, 4.69) is 5.32 Å². The maximum absolute atomic E-state index is 12.2. The summed E-state index contributed by atoms with van der Waals surface area (Å²) in [6, 6.07) is 0. The van der Waals surface area contributed by atoms with Crippen LogP contribution in [0.15, 0.2) is 11.8 Å². The van der Waals surface area contributed by atoms with Crippen LogP contribution in [-0.4, -0.2) is 18.6 Å². The number of hydrogen-bond donors (Lipinski definition) is 2. The fourth-order valence-electron chi connectivity index (χ4n) is 0.675. The van der Waals surface area contributed by atoms with Gasteiger partial charge in [0.25, 0.3) is 5.91 Å². The molecule has 1 rings (SSSR count). The maximum atomic E-state index is 12.2. The Bertz CT molecular complexity index is 166. The number of halogens is 1. The first kappa shape index (κ1) is 6.07. The lowest BCUT2D eigenvalue weighted by Gasteiger charge is -1.94. The Balaban J connectivity index is 2.62. The minimum absolute atomic E-state index is 0.165. The van der Waals surface area contributed by atoms with Crippen molar-refractivity contribution in [2.24, 2.45) is 5.73 Å². The molecule has 4 heteroatoms. The Hall–Kier alpha value is -1.06. The second-order valence-electron chi connectivity index (χ2n) is 1.84. The van der Waals surface area contributed by atoms with Crippen LogP contribution in [0.5, 0.6) is 0 Å². The first-order chi connectivity index (χ1) is 4.20. The number of alkyl halides is 1. The van der Waals surface area contributed by atoms with Gasteiger partial charge in [0.2, 0.25) is 0 Å². The molecule has 0 fully saturated rings. The average molecular weight is 130 g/mol. The second kappa shape index (κ2) is 2.05. The van der Waals surface area contributed by atoms with Crippen LogP contribution < -0.4 is 11.1 Å². The third-order valence-corrected chi connectivity index (χ3v) is 1.10. The number of carbonyl (C=O) groups is 1. The van der Waals surface area contributed by atoms with Gasteiger partial charge < -0.3 is 11.1 Å². The number of rotatable bonds is 1. The van der Waals surface area contributed by atoms with E-state index in [1.54, 1.807) is 0 Å². The maximum Gasteiger partial charge on any atom is 0.264 e. The van der Waals surface area contributed by atoms with Gasteiger partial charge in [-0.2, -0.15) is 0 Å². The molecule has 1 aliphatic rings. The van der Waals surface area contributed by atoms with E-state index in [9.17, 15) is 9.18 Å². The zero-order valence-electron chi connectivity index (χ0n) is 4.73. The molecule has 0 radical (unpaired) electrons. The lowest BCUT2D eigenvalue weighted by Crippen LogP contribution is -2.23. The summed E-state index contributed by atoms with van der Waals surface area (Å²) < 4.78 is 12.2. The molecular formula is C5H7FN2O. The minimum Gasteiger partial charge on any atom is -0.378 e. The van der Waals surface area contributed by atoms with Crippen LogP contribution in [0.4, 0.5) is 4.39 Å². The Morgan fingerprint density at radius 3 is 2.89 bits per heavy atom. The van der Waals surface area contributed by atoms with Crippen LogP contribution in [0.25, 0.3) is 0 Å². The molecule has 9 heavy (non-hydrogen) atoms. The topological polar surface area (TPSA) is 55.1 Å². The molecule has 0 aromatic rings. The molecule has 3 N–H and O–H groups in total. The molecule has 0 bridgehead atoms. The van der Waals surface area contributed by atoms with Crippen LogP contribution in [0.1, 0.15) is 0 Å². The summed E-state index contributed by atoms with van der Waals surface area (Å²) >= 11 is 0. The van der Waals surface area contributed by atoms with Crippen molar-refractivity contribution in [1.82, 2.24) is 5.32 Å². The minimum atomic E-state index is -1.06. The predicted molar refractivity (Wildman–Crippen MR) is 30.2 cm³/mol. The van der Waals surface area contributed by atoms with E-state index in [4.69, 9.17) is 5.73 Å². The zero-order chi connectivity index (χ0) is 6.85. The van der Waals surface area contributed by atoms with E-state index in [-0.39, 0.29) is 12.2 Å². The SMILES string of the molecule is NC(=O)C1=C[C@@H](F)CN1. The van der Waals surface area contributed by atoms with E-state index in [0.29, 0.717) is 0 Å². The molecule has 3 nitrogen and oxygen atoms in total. The first-order valence-corrected chi connectivity index (χ1v) is 2.59. The number of amides is 1. The Labute approximate surface area is 51.7 Å².